The zero-order valence-corrected chi connectivity index (χ0v) is 9.91. The highest BCUT2D eigenvalue weighted by molar-refractivity contribution is 5.55. The third-order valence-corrected chi connectivity index (χ3v) is 2.54. The molecule has 1 unspecified atom stereocenters. The van der Waals surface area contributed by atoms with Gasteiger partial charge in [0.05, 0.1) is 11.0 Å². The SMILES string of the molecule is Cc1ccc(NC(C)c2nn[nH]n2)cc1[N+](=O)[O-]. The van der Waals surface area contributed by atoms with Gasteiger partial charge in [0.1, 0.15) is 0 Å². The number of aromatic nitrogens is 4. The predicted octanol–water partition coefficient (Wildman–Crippen LogP) is 1.59. The Kier molecular flexibility index (Phi) is 3.18. The molecule has 0 saturated heterocycles. The van der Waals surface area contributed by atoms with Crippen molar-refractivity contribution in [1.82, 2.24) is 20.6 Å². The molecule has 94 valence electrons. The minimum absolute atomic E-state index is 0.0836. The van der Waals surface area contributed by atoms with Gasteiger partial charge in [-0.25, -0.2) is 0 Å². The molecule has 18 heavy (non-hydrogen) atoms. The van der Waals surface area contributed by atoms with E-state index in [-0.39, 0.29) is 11.7 Å². The summed E-state index contributed by atoms with van der Waals surface area (Å²) in [7, 11) is 0. The first-order valence-electron chi connectivity index (χ1n) is 5.33. The molecule has 0 spiro atoms. The molecule has 0 aliphatic heterocycles. The summed E-state index contributed by atoms with van der Waals surface area (Å²) < 4.78 is 0. The molecule has 8 heteroatoms. The molecule has 8 nitrogen and oxygen atoms in total. The van der Waals surface area contributed by atoms with Gasteiger partial charge in [0, 0.05) is 17.3 Å². The van der Waals surface area contributed by atoms with E-state index in [0.29, 0.717) is 17.1 Å². The quantitative estimate of drug-likeness (QED) is 0.628. The first-order chi connectivity index (χ1) is 8.58. The molecule has 0 fully saturated rings. The highest BCUT2D eigenvalue weighted by Gasteiger charge is 2.14. The second-order valence-electron chi connectivity index (χ2n) is 3.89. The van der Waals surface area contributed by atoms with E-state index in [1.165, 1.54) is 6.07 Å². The minimum Gasteiger partial charge on any atom is -0.375 e. The van der Waals surface area contributed by atoms with E-state index in [1.807, 2.05) is 6.92 Å². The van der Waals surface area contributed by atoms with E-state index in [4.69, 9.17) is 0 Å². The van der Waals surface area contributed by atoms with Crippen molar-refractivity contribution in [3.8, 4) is 0 Å². The van der Waals surface area contributed by atoms with Crippen molar-refractivity contribution in [1.29, 1.82) is 0 Å². The Balaban J connectivity index is 2.20. The number of nitrogens with zero attached hydrogens (tertiary/aromatic N) is 4. The number of nitro groups is 1. The second kappa shape index (κ2) is 4.78. The van der Waals surface area contributed by atoms with Crippen molar-refractivity contribution >= 4 is 11.4 Å². The van der Waals surface area contributed by atoms with Crippen LogP contribution in [-0.2, 0) is 0 Å². The van der Waals surface area contributed by atoms with Crippen LogP contribution >= 0.6 is 0 Å². The molecule has 0 aliphatic rings. The highest BCUT2D eigenvalue weighted by atomic mass is 16.6. The number of tetrazole rings is 1. The van der Waals surface area contributed by atoms with Gasteiger partial charge in [0.2, 0.25) is 0 Å². The van der Waals surface area contributed by atoms with Crippen LogP contribution in [-0.4, -0.2) is 25.5 Å². The Labute approximate surface area is 103 Å². The summed E-state index contributed by atoms with van der Waals surface area (Å²) in [6.45, 7) is 3.54. The minimum atomic E-state index is -0.403. The van der Waals surface area contributed by atoms with Gasteiger partial charge in [-0.3, -0.25) is 10.1 Å². The first kappa shape index (κ1) is 12.0. The lowest BCUT2D eigenvalue weighted by Gasteiger charge is -2.11. The van der Waals surface area contributed by atoms with Crippen LogP contribution in [0.15, 0.2) is 18.2 Å². The van der Waals surface area contributed by atoms with Gasteiger partial charge in [-0.15, -0.1) is 10.2 Å². The number of nitro benzene ring substituents is 1. The average molecular weight is 248 g/mol. The Hall–Kier alpha value is -2.51. The summed E-state index contributed by atoms with van der Waals surface area (Å²) in [4.78, 5) is 10.4. The molecular formula is C10H12N6O2. The second-order valence-corrected chi connectivity index (χ2v) is 3.89. The number of nitrogens with one attached hydrogen (secondary N) is 2. The fourth-order valence-corrected chi connectivity index (χ4v) is 1.56. The lowest BCUT2D eigenvalue weighted by atomic mass is 10.1. The maximum Gasteiger partial charge on any atom is 0.274 e. The molecule has 1 aromatic heterocycles. The van der Waals surface area contributed by atoms with E-state index in [1.54, 1.807) is 19.1 Å². The summed E-state index contributed by atoms with van der Waals surface area (Å²) >= 11 is 0. The van der Waals surface area contributed by atoms with Crippen LogP contribution in [0.1, 0.15) is 24.4 Å². The number of aromatic amines is 1. The van der Waals surface area contributed by atoms with Crippen LogP contribution in [0.3, 0.4) is 0 Å². The Bertz CT molecular complexity index is 554. The van der Waals surface area contributed by atoms with E-state index in [2.05, 4.69) is 25.9 Å². The Morgan fingerprint density at radius 2 is 2.28 bits per heavy atom. The van der Waals surface area contributed by atoms with Crippen LogP contribution in [0, 0.1) is 17.0 Å². The van der Waals surface area contributed by atoms with Crippen molar-refractivity contribution in [3.63, 3.8) is 0 Å². The third-order valence-electron chi connectivity index (χ3n) is 2.54. The largest absolute Gasteiger partial charge is 0.375 e. The number of aryl methyl sites for hydroxylation is 1. The van der Waals surface area contributed by atoms with Crippen molar-refractivity contribution < 1.29 is 4.92 Å². The van der Waals surface area contributed by atoms with Crippen LogP contribution in [0.2, 0.25) is 0 Å². The van der Waals surface area contributed by atoms with Gasteiger partial charge >= 0.3 is 0 Å². The number of hydrogen-bond donors (Lipinski definition) is 2. The van der Waals surface area contributed by atoms with Crippen LogP contribution in [0.25, 0.3) is 0 Å². The van der Waals surface area contributed by atoms with Crippen LogP contribution in [0.4, 0.5) is 11.4 Å². The standard InChI is InChI=1S/C10H12N6O2/c1-6-3-4-8(5-9(6)16(17)18)11-7(2)10-12-14-15-13-10/h3-5,7,11H,1-2H3,(H,12,13,14,15). The van der Waals surface area contributed by atoms with Gasteiger partial charge in [-0.2, -0.15) is 5.21 Å². The number of rotatable bonds is 4. The molecular weight excluding hydrogens is 236 g/mol. The van der Waals surface area contributed by atoms with Crippen LogP contribution < -0.4 is 5.32 Å². The van der Waals surface area contributed by atoms with Crippen molar-refractivity contribution in [2.75, 3.05) is 5.32 Å². The molecule has 0 saturated carbocycles. The van der Waals surface area contributed by atoms with Crippen molar-refractivity contribution in [2.45, 2.75) is 19.9 Å². The number of benzene rings is 1. The summed E-state index contributed by atoms with van der Waals surface area (Å²) in [5, 5.41) is 27.4. The van der Waals surface area contributed by atoms with Gasteiger partial charge in [0.25, 0.3) is 5.69 Å². The maximum atomic E-state index is 10.8. The lowest BCUT2D eigenvalue weighted by Crippen LogP contribution is -2.09. The van der Waals surface area contributed by atoms with Gasteiger partial charge in [-0.1, -0.05) is 11.3 Å². The Morgan fingerprint density at radius 1 is 1.50 bits per heavy atom. The predicted molar refractivity (Wildman–Crippen MR) is 64.0 cm³/mol. The molecule has 1 aromatic carbocycles. The monoisotopic (exact) mass is 248 g/mol. The summed E-state index contributed by atoms with van der Waals surface area (Å²) in [6.07, 6.45) is 0. The van der Waals surface area contributed by atoms with E-state index in [9.17, 15) is 10.1 Å². The topological polar surface area (TPSA) is 110 Å². The molecule has 0 radical (unpaired) electrons. The maximum absolute atomic E-state index is 10.8. The molecule has 1 atom stereocenters. The third kappa shape index (κ3) is 2.42. The van der Waals surface area contributed by atoms with Crippen LogP contribution in [0.5, 0.6) is 0 Å². The fourth-order valence-electron chi connectivity index (χ4n) is 1.56. The average Bonchev–Trinajstić information content (AvgIpc) is 2.85. The van der Waals surface area contributed by atoms with E-state index < -0.39 is 4.92 Å². The van der Waals surface area contributed by atoms with Crippen molar-refractivity contribution in [3.05, 3.63) is 39.7 Å². The number of anilines is 1. The molecule has 0 aliphatic carbocycles. The molecule has 0 amide bonds. The normalized spacial score (nSPS) is 12.1. The van der Waals surface area contributed by atoms with Gasteiger partial charge in [-0.05, 0) is 19.9 Å². The Morgan fingerprint density at radius 3 is 2.89 bits per heavy atom. The van der Waals surface area contributed by atoms with Crippen molar-refractivity contribution in [2.24, 2.45) is 0 Å². The van der Waals surface area contributed by atoms with Gasteiger partial charge < -0.3 is 5.32 Å². The number of hydrogen-bond acceptors (Lipinski definition) is 6. The molecule has 1 heterocycles. The molecule has 2 rings (SSSR count). The highest BCUT2D eigenvalue weighted by Crippen LogP contribution is 2.24. The fraction of sp³-hybridized carbons (Fsp3) is 0.300. The zero-order chi connectivity index (χ0) is 13.1. The molecule has 0 bridgehead atoms. The molecule has 2 aromatic rings. The number of H-pyrrole nitrogens is 1. The molecule has 2 N–H and O–H groups in total. The smallest absolute Gasteiger partial charge is 0.274 e. The summed E-state index contributed by atoms with van der Waals surface area (Å²) in [5.74, 6) is 0.498. The van der Waals surface area contributed by atoms with Gasteiger partial charge in [0.15, 0.2) is 5.82 Å². The van der Waals surface area contributed by atoms with E-state index in [0.717, 1.165) is 0 Å². The van der Waals surface area contributed by atoms with E-state index >= 15 is 0 Å². The zero-order valence-electron chi connectivity index (χ0n) is 9.91. The first-order valence-corrected chi connectivity index (χ1v) is 5.33. The summed E-state index contributed by atoms with van der Waals surface area (Å²) in [6, 6.07) is 4.78. The lowest BCUT2D eigenvalue weighted by molar-refractivity contribution is -0.385. The summed E-state index contributed by atoms with van der Waals surface area (Å²) in [5.41, 5.74) is 1.35.